The topological polar surface area (TPSA) is 67.7 Å². The van der Waals surface area contributed by atoms with E-state index in [-0.39, 0.29) is 30.8 Å². The Morgan fingerprint density at radius 2 is 1.91 bits per heavy atom. The van der Waals surface area contributed by atoms with Crippen molar-refractivity contribution in [2.24, 2.45) is 0 Å². The molecule has 4 rings (SSSR count). The quantitative estimate of drug-likeness (QED) is 0.469. The van der Waals surface area contributed by atoms with Crippen LogP contribution in [0.4, 0.5) is 0 Å². The first-order chi connectivity index (χ1) is 15.0. The number of fused-ring (bicyclic) bond motifs is 1. The lowest BCUT2D eigenvalue weighted by Crippen LogP contribution is -2.44. The highest BCUT2D eigenvalue weighted by molar-refractivity contribution is 5.85. The van der Waals surface area contributed by atoms with Gasteiger partial charge in [0.15, 0.2) is 0 Å². The molecule has 1 aromatic carbocycles. The number of nitrogens with zero attached hydrogens (tertiary/aromatic N) is 4. The maximum atomic E-state index is 12.6. The summed E-state index contributed by atoms with van der Waals surface area (Å²) < 4.78 is 7.33. The molecule has 1 fully saturated rings. The second kappa shape index (κ2) is 11.0. The SMILES string of the molecule is CN(C)C1CCN(C(=O)CCc2nccn2CC(=O)Oc2ccc3c(c2)CCC3)CC1.Cl. The molecule has 0 N–H and O–H groups in total. The Morgan fingerprint density at radius 3 is 2.66 bits per heavy atom. The van der Waals surface area contributed by atoms with Crippen LogP contribution in [0.15, 0.2) is 30.6 Å². The molecule has 8 heteroatoms. The molecule has 1 aliphatic carbocycles. The van der Waals surface area contributed by atoms with Crippen molar-refractivity contribution < 1.29 is 14.3 Å². The molecule has 2 aliphatic rings. The van der Waals surface area contributed by atoms with Gasteiger partial charge in [-0.15, -0.1) is 12.4 Å². The number of carbonyl (C=O) groups is 2. The lowest BCUT2D eigenvalue weighted by molar-refractivity contribution is -0.135. The summed E-state index contributed by atoms with van der Waals surface area (Å²) in [6.07, 6.45) is 9.72. The predicted octanol–water partition coefficient (Wildman–Crippen LogP) is 2.88. The molecule has 2 heterocycles. The van der Waals surface area contributed by atoms with E-state index in [1.165, 1.54) is 11.1 Å². The molecule has 0 saturated carbocycles. The van der Waals surface area contributed by atoms with Crippen molar-refractivity contribution in [3.63, 3.8) is 0 Å². The normalized spacial score (nSPS) is 16.0. The lowest BCUT2D eigenvalue weighted by atomic mass is 10.0. The standard InChI is InChI=1S/C24H32N4O3.ClH/c1-26(2)20-10-13-27(14-11-20)23(29)9-8-22-25-12-15-28(22)17-24(30)31-21-7-6-18-4-3-5-19(18)16-21;/h6-7,12,15-16,20H,3-5,8-11,13-14,17H2,1-2H3;1H. The van der Waals surface area contributed by atoms with E-state index in [1.807, 2.05) is 17.0 Å². The number of carbonyl (C=O) groups excluding carboxylic acids is 2. The van der Waals surface area contributed by atoms with Crippen LogP contribution in [0.25, 0.3) is 0 Å². The number of benzene rings is 1. The number of imidazole rings is 1. The molecule has 0 atom stereocenters. The molecule has 174 valence electrons. The van der Waals surface area contributed by atoms with E-state index in [1.54, 1.807) is 17.0 Å². The van der Waals surface area contributed by atoms with Crippen molar-refractivity contribution >= 4 is 24.3 Å². The van der Waals surface area contributed by atoms with Gasteiger partial charge in [0.2, 0.25) is 5.91 Å². The van der Waals surface area contributed by atoms with Gasteiger partial charge in [0.05, 0.1) is 0 Å². The van der Waals surface area contributed by atoms with E-state index in [0.717, 1.165) is 51.0 Å². The monoisotopic (exact) mass is 460 g/mol. The van der Waals surface area contributed by atoms with Crippen LogP contribution in [0.5, 0.6) is 5.75 Å². The zero-order valence-electron chi connectivity index (χ0n) is 19.0. The Hall–Kier alpha value is -2.38. The predicted molar refractivity (Wildman–Crippen MR) is 125 cm³/mol. The summed E-state index contributed by atoms with van der Waals surface area (Å²) in [4.78, 5) is 33.6. The second-order valence-corrected chi connectivity index (χ2v) is 8.81. The number of likely N-dealkylation sites (tertiary alicyclic amines) is 1. The number of halogens is 1. The van der Waals surface area contributed by atoms with Crippen LogP contribution in [0.1, 0.15) is 42.6 Å². The van der Waals surface area contributed by atoms with Gasteiger partial charge in [-0.05, 0) is 69.5 Å². The third kappa shape index (κ3) is 5.90. The van der Waals surface area contributed by atoms with E-state index in [9.17, 15) is 9.59 Å². The summed E-state index contributed by atoms with van der Waals surface area (Å²) in [5.74, 6) is 1.17. The Labute approximate surface area is 196 Å². The first-order valence-electron chi connectivity index (χ1n) is 11.3. The van der Waals surface area contributed by atoms with Gasteiger partial charge in [-0.2, -0.15) is 0 Å². The molecular weight excluding hydrogens is 428 g/mol. The fraction of sp³-hybridized carbons (Fsp3) is 0.542. The minimum Gasteiger partial charge on any atom is -0.425 e. The van der Waals surface area contributed by atoms with E-state index >= 15 is 0 Å². The third-order valence-electron chi connectivity index (χ3n) is 6.51. The first kappa shape index (κ1) is 24.3. The highest BCUT2D eigenvalue weighted by Gasteiger charge is 2.24. The molecule has 1 saturated heterocycles. The molecular formula is C24H33ClN4O3. The van der Waals surface area contributed by atoms with Crippen molar-refractivity contribution in [3.05, 3.63) is 47.5 Å². The van der Waals surface area contributed by atoms with Gasteiger partial charge in [0.25, 0.3) is 0 Å². The Morgan fingerprint density at radius 1 is 1.16 bits per heavy atom. The zero-order chi connectivity index (χ0) is 21.8. The third-order valence-corrected chi connectivity index (χ3v) is 6.51. The molecule has 0 bridgehead atoms. The Balaban J connectivity index is 0.00000289. The summed E-state index contributed by atoms with van der Waals surface area (Å²) in [7, 11) is 4.19. The molecule has 1 aromatic heterocycles. The van der Waals surface area contributed by atoms with Crippen molar-refractivity contribution in [2.75, 3.05) is 27.2 Å². The zero-order valence-corrected chi connectivity index (χ0v) is 19.8. The smallest absolute Gasteiger partial charge is 0.331 e. The maximum absolute atomic E-state index is 12.6. The number of esters is 1. The number of hydrogen-bond acceptors (Lipinski definition) is 5. The maximum Gasteiger partial charge on any atom is 0.331 e. The average molecular weight is 461 g/mol. The largest absolute Gasteiger partial charge is 0.425 e. The van der Waals surface area contributed by atoms with Crippen LogP contribution >= 0.6 is 12.4 Å². The number of piperidine rings is 1. The minimum absolute atomic E-state index is 0. The average Bonchev–Trinajstić information content (AvgIpc) is 3.40. The van der Waals surface area contributed by atoms with E-state index in [4.69, 9.17) is 4.74 Å². The number of aryl methyl sites for hydroxylation is 3. The molecule has 7 nitrogen and oxygen atoms in total. The number of hydrogen-bond donors (Lipinski definition) is 0. The van der Waals surface area contributed by atoms with Crippen LogP contribution in [0, 0.1) is 0 Å². The van der Waals surface area contributed by atoms with Crippen LogP contribution in [-0.4, -0.2) is 64.5 Å². The van der Waals surface area contributed by atoms with Crippen LogP contribution in [-0.2, 0) is 35.4 Å². The summed E-state index contributed by atoms with van der Waals surface area (Å²) >= 11 is 0. The van der Waals surface area contributed by atoms with Gasteiger partial charge in [0.1, 0.15) is 18.1 Å². The fourth-order valence-corrected chi connectivity index (χ4v) is 4.64. The Bertz CT molecular complexity index is 935. The van der Waals surface area contributed by atoms with Crippen LogP contribution in [0.2, 0.25) is 0 Å². The minimum atomic E-state index is -0.325. The van der Waals surface area contributed by atoms with Crippen LogP contribution < -0.4 is 4.74 Å². The fourth-order valence-electron chi connectivity index (χ4n) is 4.64. The molecule has 1 amide bonds. The molecule has 0 unspecified atom stereocenters. The van der Waals surface area contributed by atoms with Gasteiger partial charge in [-0.25, -0.2) is 9.78 Å². The molecule has 0 radical (unpaired) electrons. The molecule has 0 spiro atoms. The lowest BCUT2D eigenvalue weighted by Gasteiger charge is -2.35. The summed E-state index contributed by atoms with van der Waals surface area (Å²) in [6.45, 7) is 1.71. The van der Waals surface area contributed by atoms with E-state index in [0.29, 0.717) is 24.6 Å². The van der Waals surface area contributed by atoms with Crippen molar-refractivity contribution in [2.45, 2.75) is 57.5 Å². The van der Waals surface area contributed by atoms with Crippen molar-refractivity contribution in [3.8, 4) is 5.75 Å². The van der Waals surface area contributed by atoms with Gasteiger partial charge < -0.3 is 19.1 Å². The highest BCUT2D eigenvalue weighted by Crippen LogP contribution is 2.26. The van der Waals surface area contributed by atoms with Crippen LogP contribution in [0.3, 0.4) is 0 Å². The van der Waals surface area contributed by atoms with E-state index < -0.39 is 0 Å². The van der Waals surface area contributed by atoms with Crippen molar-refractivity contribution in [1.29, 1.82) is 0 Å². The van der Waals surface area contributed by atoms with Crippen molar-refractivity contribution in [1.82, 2.24) is 19.4 Å². The highest BCUT2D eigenvalue weighted by atomic mass is 35.5. The molecule has 32 heavy (non-hydrogen) atoms. The second-order valence-electron chi connectivity index (χ2n) is 8.81. The van der Waals surface area contributed by atoms with Gasteiger partial charge in [0, 0.05) is 44.4 Å². The van der Waals surface area contributed by atoms with Gasteiger partial charge in [-0.1, -0.05) is 6.07 Å². The summed E-state index contributed by atoms with van der Waals surface area (Å²) in [6, 6.07) is 6.46. The molecule has 2 aromatic rings. The number of aromatic nitrogens is 2. The van der Waals surface area contributed by atoms with E-state index in [2.05, 4.69) is 30.0 Å². The summed E-state index contributed by atoms with van der Waals surface area (Å²) in [5.41, 5.74) is 2.63. The molecule has 1 aliphatic heterocycles. The summed E-state index contributed by atoms with van der Waals surface area (Å²) in [5, 5.41) is 0. The number of rotatable bonds is 7. The van der Waals surface area contributed by atoms with Gasteiger partial charge >= 0.3 is 5.97 Å². The van der Waals surface area contributed by atoms with Gasteiger partial charge in [-0.3, -0.25) is 4.79 Å². The number of amides is 1. The number of ether oxygens (including phenoxy) is 1. The Kier molecular flexibility index (Phi) is 8.32. The first-order valence-corrected chi connectivity index (χ1v) is 11.3.